The standard InChI is InChI=1S/C14H21BrN2O2S/c1-9-3-4-10(2)14(7-9)17-13-6-5-11(8-12(13)15)20(16,18)19/h5-6,8-10,14,17H,3-4,7H2,1-2H3,(H2,16,18,19). The summed E-state index contributed by atoms with van der Waals surface area (Å²) in [6.07, 6.45) is 3.65. The van der Waals surface area contributed by atoms with Gasteiger partial charge < -0.3 is 5.32 Å². The number of primary sulfonamides is 1. The van der Waals surface area contributed by atoms with Crippen LogP contribution >= 0.6 is 15.9 Å². The minimum Gasteiger partial charge on any atom is -0.381 e. The van der Waals surface area contributed by atoms with Crippen LogP contribution in [-0.4, -0.2) is 14.5 Å². The molecule has 0 aromatic heterocycles. The second kappa shape index (κ2) is 6.03. The Morgan fingerprint density at radius 2 is 2.00 bits per heavy atom. The molecule has 0 amide bonds. The first-order chi connectivity index (χ1) is 9.27. The topological polar surface area (TPSA) is 72.2 Å². The van der Waals surface area contributed by atoms with Crippen molar-refractivity contribution in [2.45, 2.75) is 44.0 Å². The highest BCUT2D eigenvalue weighted by atomic mass is 79.9. The van der Waals surface area contributed by atoms with Gasteiger partial charge in [0.25, 0.3) is 0 Å². The average molecular weight is 361 g/mol. The summed E-state index contributed by atoms with van der Waals surface area (Å²) in [6.45, 7) is 4.54. The molecule has 0 spiro atoms. The molecule has 1 aliphatic carbocycles. The lowest BCUT2D eigenvalue weighted by Crippen LogP contribution is -2.33. The molecule has 112 valence electrons. The van der Waals surface area contributed by atoms with E-state index in [0.29, 0.717) is 12.0 Å². The van der Waals surface area contributed by atoms with Crippen molar-refractivity contribution in [3.05, 3.63) is 22.7 Å². The zero-order valence-corrected chi connectivity index (χ0v) is 14.2. The molecule has 0 heterocycles. The predicted molar refractivity (Wildman–Crippen MR) is 85.1 cm³/mol. The Kier molecular flexibility index (Phi) is 4.76. The smallest absolute Gasteiger partial charge is 0.238 e. The maximum absolute atomic E-state index is 11.3. The molecule has 4 nitrogen and oxygen atoms in total. The van der Waals surface area contributed by atoms with E-state index in [9.17, 15) is 8.42 Å². The van der Waals surface area contributed by atoms with E-state index >= 15 is 0 Å². The van der Waals surface area contributed by atoms with Crippen LogP contribution in [0.4, 0.5) is 5.69 Å². The normalized spacial score (nSPS) is 27.3. The van der Waals surface area contributed by atoms with Crippen molar-refractivity contribution in [2.75, 3.05) is 5.32 Å². The average Bonchev–Trinajstić information content (AvgIpc) is 2.35. The summed E-state index contributed by atoms with van der Waals surface area (Å²) in [5.41, 5.74) is 0.920. The van der Waals surface area contributed by atoms with Crippen LogP contribution in [0.5, 0.6) is 0 Å². The lowest BCUT2D eigenvalue weighted by molar-refractivity contribution is 0.280. The van der Waals surface area contributed by atoms with Crippen LogP contribution in [0.2, 0.25) is 0 Å². The van der Waals surface area contributed by atoms with Crippen LogP contribution in [0.15, 0.2) is 27.6 Å². The summed E-state index contributed by atoms with van der Waals surface area (Å²) in [7, 11) is -3.65. The lowest BCUT2D eigenvalue weighted by Gasteiger charge is -2.34. The molecule has 1 saturated carbocycles. The summed E-state index contributed by atoms with van der Waals surface area (Å²) in [6, 6.07) is 5.29. The fourth-order valence-electron chi connectivity index (χ4n) is 2.72. The number of nitrogens with one attached hydrogen (secondary N) is 1. The fraction of sp³-hybridized carbons (Fsp3) is 0.571. The van der Waals surface area contributed by atoms with Gasteiger partial charge in [0.05, 0.1) is 4.90 Å². The number of benzene rings is 1. The maximum atomic E-state index is 11.3. The van der Waals surface area contributed by atoms with Crippen molar-refractivity contribution in [2.24, 2.45) is 17.0 Å². The zero-order valence-electron chi connectivity index (χ0n) is 11.8. The molecule has 20 heavy (non-hydrogen) atoms. The van der Waals surface area contributed by atoms with Gasteiger partial charge in [0.15, 0.2) is 0 Å². The van der Waals surface area contributed by atoms with Crippen LogP contribution in [0, 0.1) is 11.8 Å². The largest absolute Gasteiger partial charge is 0.381 e. The Bertz CT molecular complexity index is 589. The molecule has 0 saturated heterocycles. The highest BCUT2D eigenvalue weighted by Crippen LogP contribution is 2.33. The molecule has 0 radical (unpaired) electrons. The first kappa shape index (κ1) is 15.8. The van der Waals surface area contributed by atoms with Gasteiger partial charge in [-0.05, 0) is 58.8 Å². The molecule has 1 aliphatic rings. The van der Waals surface area contributed by atoms with E-state index < -0.39 is 10.0 Å². The van der Waals surface area contributed by atoms with Gasteiger partial charge in [0.1, 0.15) is 0 Å². The highest BCUT2D eigenvalue weighted by molar-refractivity contribution is 9.10. The second-order valence-electron chi connectivity index (χ2n) is 5.83. The van der Waals surface area contributed by atoms with E-state index in [1.165, 1.54) is 12.8 Å². The minimum absolute atomic E-state index is 0.125. The number of nitrogens with two attached hydrogens (primary N) is 1. The fourth-order valence-corrected chi connectivity index (χ4v) is 3.91. The third-order valence-electron chi connectivity index (χ3n) is 4.07. The van der Waals surface area contributed by atoms with Crippen molar-refractivity contribution in [1.82, 2.24) is 0 Å². The van der Waals surface area contributed by atoms with E-state index in [-0.39, 0.29) is 4.90 Å². The summed E-state index contributed by atoms with van der Waals surface area (Å²) >= 11 is 3.42. The number of hydrogen-bond acceptors (Lipinski definition) is 3. The molecule has 2 rings (SSSR count). The van der Waals surface area contributed by atoms with Crippen molar-refractivity contribution in [1.29, 1.82) is 0 Å². The summed E-state index contributed by atoms with van der Waals surface area (Å²) in [4.78, 5) is 0.125. The predicted octanol–water partition coefficient (Wildman–Crippen LogP) is 3.33. The maximum Gasteiger partial charge on any atom is 0.238 e. The quantitative estimate of drug-likeness (QED) is 0.867. The molecule has 0 bridgehead atoms. The number of anilines is 1. The molecule has 6 heteroatoms. The zero-order chi connectivity index (χ0) is 14.9. The number of halogens is 1. The summed E-state index contributed by atoms with van der Waals surface area (Å²) in [5.74, 6) is 1.35. The molecule has 3 N–H and O–H groups in total. The van der Waals surface area contributed by atoms with E-state index in [0.717, 1.165) is 22.5 Å². The van der Waals surface area contributed by atoms with Gasteiger partial charge in [-0.25, -0.2) is 13.6 Å². The first-order valence-electron chi connectivity index (χ1n) is 6.86. The second-order valence-corrected chi connectivity index (χ2v) is 8.25. The minimum atomic E-state index is -3.65. The van der Waals surface area contributed by atoms with Crippen molar-refractivity contribution in [3.63, 3.8) is 0 Å². The molecule has 1 fully saturated rings. The Labute approximate surface area is 129 Å². The van der Waals surface area contributed by atoms with Crippen molar-refractivity contribution >= 4 is 31.6 Å². The van der Waals surface area contributed by atoms with Gasteiger partial charge in [-0.3, -0.25) is 0 Å². The third kappa shape index (κ3) is 3.74. The van der Waals surface area contributed by atoms with E-state index in [4.69, 9.17) is 5.14 Å². The van der Waals surface area contributed by atoms with Gasteiger partial charge in [-0.15, -0.1) is 0 Å². The lowest BCUT2D eigenvalue weighted by atomic mass is 9.80. The molecule has 1 aromatic rings. The first-order valence-corrected chi connectivity index (χ1v) is 9.20. The van der Waals surface area contributed by atoms with E-state index in [1.807, 2.05) is 0 Å². The Morgan fingerprint density at radius 1 is 1.30 bits per heavy atom. The molecule has 3 unspecified atom stereocenters. The van der Waals surface area contributed by atoms with Crippen LogP contribution in [0.25, 0.3) is 0 Å². The molecule has 3 atom stereocenters. The Balaban J connectivity index is 2.17. The molecular weight excluding hydrogens is 340 g/mol. The van der Waals surface area contributed by atoms with Gasteiger partial charge in [0, 0.05) is 16.2 Å². The number of rotatable bonds is 3. The van der Waals surface area contributed by atoms with Gasteiger partial charge in [-0.2, -0.15) is 0 Å². The van der Waals surface area contributed by atoms with Crippen molar-refractivity contribution in [3.8, 4) is 0 Å². The van der Waals surface area contributed by atoms with Crippen LogP contribution in [0.3, 0.4) is 0 Å². The van der Waals surface area contributed by atoms with Gasteiger partial charge in [0.2, 0.25) is 10.0 Å². The molecular formula is C14H21BrN2O2S. The number of hydrogen-bond donors (Lipinski definition) is 2. The van der Waals surface area contributed by atoms with Crippen LogP contribution in [0.1, 0.15) is 33.1 Å². The monoisotopic (exact) mass is 360 g/mol. The highest BCUT2D eigenvalue weighted by Gasteiger charge is 2.25. The molecule has 0 aliphatic heterocycles. The SMILES string of the molecule is CC1CCC(C)C(Nc2ccc(S(N)(=O)=O)cc2Br)C1. The Morgan fingerprint density at radius 3 is 2.60 bits per heavy atom. The van der Waals surface area contributed by atoms with Crippen LogP contribution in [-0.2, 0) is 10.0 Å². The summed E-state index contributed by atoms with van der Waals surface area (Å²) < 4.78 is 23.4. The Hall–Kier alpha value is -0.590. The van der Waals surface area contributed by atoms with E-state index in [2.05, 4.69) is 35.1 Å². The van der Waals surface area contributed by atoms with Gasteiger partial charge in [-0.1, -0.05) is 20.3 Å². The number of sulfonamides is 1. The summed E-state index contributed by atoms with van der Waals surface area (Å²) in [5, 5.41) is 8.66. The third-order valence-corrected chi connectivity index (χ3v) is 5.64. The van der Waals surface area contributed by atoms with Gasteiger partial charge >= 0.3 is 0 Å². The van der Waals surface area contributed by atoms with Crippen LogP contribution < -0.4 is 10.5 Å². The van der Waals surface area contributed by atoms with Crippen molar-refractivity contribution < 1.29 is 8.42 Å². The van der Waals surface area contributed by atoms with E-state index in [1.54, 1.807) is 18.2 Å². The molecule has 1 aromatic carbocycles.